The highest BCUT2D eigenvalue weighted by atomic mass is 32.1. The van der Waals surface area contributed by atoms with Crippen LogP contribution in [0.15, 0.2) is 16.1 Å². The number of rotatable bonds is 3. The van der Waals surface area contributed by atoms with Crippen molar-refractivity contribution in [2.75, 3.05) is 18.0 Å². The highest BCUT2D eigenvalue weighted by molar-refractivity contribution is 7.13. The van der Waals surface area contributed by atoms with Crippen LogP contribution in [0.3, 0.4) is 0 Å². The van der Waals surface area contributed by atoms with Crippen LogP contribution in [0.25, 0.3) is 0 Å². The third kappa shape index (κ3) is 2.40. The average Bonchev–Trinajstić information content (AvgIpc) is 3.10. The van der Waals surface area contributed by atoms with Gasteiger partial charge in [-0.15, -0.1) is 11.3 Å². The van der Waals surface area contributed by atoms with Gasteiger partial charge in [-0.2, -0.15) is 0 Å². The molecule has 2 aromatic rings. The molecule has 0 aliphatic carbocycles. The van der Waals surface area contributed by atoms with Crippen molar-refractivity contribution < 1.29 is 9.32 Å². The van der Waals surface area contributed by atoms with Gasteiger partial charge in [0.2, 0.25) is 0 Å². The summed E-state index contributed by atoms with van der Waals surface area (Å²) in [4.78, 5) is 18.7. The lowest BCUT2D eigenvalue weighted by atomic mass is 10.1. The summed E-state index contributed by atoms with van der Waals surface area (Å²) >= 11 is 1.62. The molecule has 0 spiro atoms. The molecule has 20 heavy (non-hydrogen) atoms. The van der Waals surface area contributed by atoms with E-state index in [-0.39, 0.29) is 11.9 Å². The van der Waals surface area contributed by atoms with Crippen molar-refractivity contribution in [1.29, 1.82) is 0 Å². The Morgan fingerprint density at radius 2 is 2.40 bits per heavy atom. The molecule has 1 unspecified atom stereocenters. The molecular weight excluding hydrogens is 276 g/mol. The summed E-state index contributed by atoms with van der Waals surface area (Å²) in [5.74, 6) is 0.460. The second kappa shape index (κ2) is 5.24. The largest absolute Gasteiger partial charge is 0.361 e. The normalized spacial score (nSPS) is 18.5. The zero-order valence-electron chi connectivity index (χ0n) is 11.4. The first-order valence-electron chi connectivity index (χ1n) is 6.53. The zero-order chi connectivity index (χ0) is 14.1. The molecule has 3 heterocycles. The maximum atomic E-state index is 12.3. The molecule has 1 amide bonds. The van der Waals surface area contributed by atoms with E-state index < -0.39 is 0 Å². The molecule has 7 heteroatoms. The highest BCUT2D eigenvalue weighted by Gasteiger charge is 2.27. The van der Waals surface area contributed by atoms with E-state index in [1.807, 2.05) is 5.38 Å². The molecule has 0 saturated carbocycles. The molecule has 106 valence electrons. The van der Waals surface area contributed by atoms with Gasteiger partial charge >= 0.3 is 0 Å². The smallest absolute Gasteiger partial charge is 0.257 e. The van der Waals surface area contributed by atoms with Crippen LogP contribution < -0.4 is 10.2 Å². The van der Waals surface area contributed by atoms with Crippen molar-refractivity contribution in [3.05, 3.63) is 28.6 Å². The van der Waals surface area contributed by atoms with Crippen molar-refractivity contribution in [1.82, 2.24) is 15.5 Å². The first kappa shape index (κ1) is 13.1. The number of carbonyl (C=O) groups excluding carboxylic acids is 1. The van der Waals surface area contributed by atoms with E-state index in [0.29, 0.717) is 17.0 Å². The zero-order valence-corrected chi connectivity index (χ0v) is 12.2. The minimum atomic E-state index is -0.104. The standard InChI is InChI=1S/C13H16N4O2S/c1-8-11(9(2)19-16-8)12(18)15-10-3-5-17(7-10)13-14-4-6-20-13/h4,6,10H,3,5,7H2,1-2H3,(H,15,18). The van der Waals surface area contributed by atoms with Crippen LogP contribution in [0, 0.1) is 13.8 Å². The van der Waals surface area contributed by atoms with Crippen molar-refractivity contribution >= 4 is 22.4 Å². The number of carbonyl (C=O) groups is 1. The van der Waals surface area contributed by atoms with Gasteiger partial charge in [-0.25, -0.2) is 4.98 Å². The minimum absolute atomic E-state index is 0.104. The average molecular weight is 292 g/mol. The lowest BCUT2D eigenvalue weighted by molar-refractivity contribution is 0.0938. The molecule has 1 N–H and O–H groups in total. The Bertz CT molecular complexity index is 588. The fourth-order valence-corrected chi connectivity index (χ4v) is 3.17. The van der Waals surface area contributed by atoms with Crippen LogP contribution in [0.2, 0.25) is 0 Å². The second-order valence-electron chi connectivity index (χ2n) is 4.92. The van der Waals surface area contributed by atoms with Gasteiger partial charge in [0, 0.05) is 30.7 Å². The number of hydrogen-bond donors (Lipinski definition) is 1. The van der Waals surface area contributed by atoms with Crippen molar-refractivity contribution in [2.24, 2.45) is 0 Å². The topological polar surface area (TPSA) is 71.3 Å². The van der Waals surface area contributed by atoms with Gasteiger partial charge in [0.25, 0.3) is 5.91 Å². The van der Waals surface area contributed by atoms with Crippen LogP contribution >= 0.6 is 11.3 Å². The van der Waals surface area contributed by atoms with E-state index in [1.54, 1.807) is 31.4 Å². The molecule has 0 radical (unpaired) electrons. The number of thiazole rings is 1. The number of nitrogens with one attached hydrogen (secondary N) is 1. The van der Waals surface area contributed by atoms with Crippen LogP contribution in [-0.4, -0.2) is 35.2 Å². The van der Waals surface area contributed by atoms with Crippen molar-refractivity contribution in [2.45, 2.75) is 26.3 Å². The van der Waals surface area contributed by atoms with E-state index in [0.717, 1.165) is 24.6 Å². The summed E-state index contributed by atoms with van der Waals surface area (Å²) in [5.41, 5.74) is 1.19. The van der Waals surface area contributed by atoms with Crippen molar-refractivity contribution in [3.8, 4) is 0 Å². The SMILES string of the molecule is Cc1noc(C)c1C(=O)NC1CCN(c2nccs2)C1. The Morgan fingerprint density at radius 1 is 1.55 bits per heavy atom. The summed E-state index contributed by atoms with van der Waals surface area (Å²) in [7, 11) is 0. The van der Waals surface area contributed by atoms with Crippen LogP contribution in [-0.2, 0) is 0 Å². The van der Waals surface area contributed by atoms with E-state index in [1.165, 1.54) is 0 Å². The number of aryl methyl sites for hydroxylation is 2. The quantitative estimate of drug-likeness (QED) is 0.933. The molecule has 0 aromatic carbocycles. The summed E-state index contributed by atoms with van der Waals surface area (Å²) in [6.07, 6.45) is 2.73. The molecule has 1 aliphatic heterocycles. The number of anilines is 1. The molecule has 1 fully saturated rings. The van der Waals surface area contributed by atoms with Gasteiger partial charge < -0.3 is 14.7 Å². The van der Waals surface area contributed by atoms with E-state index in [9.17, 15) is 4.79 Å². The fraction of sp³-hybridized carbons (Fsp3) is 0.462. The number of amides is 1. The molecule has 1 atom stereocenters. The lowest BCUT2D eigenvalue weighted by Gasteiger charge is -2.15. The Labute approximate surface area is 120 Å². The molecule has 2 aromatic heterocycles. The van der Waals surface area contributed by atoms with Gasteiger partial charge in [-0.05, 0) is 20.3 Å². The summed E-state index contributed by atoms with van der Waals surface area (Å²) in [6.45, 7) is 5.25. The number of hydrogen-bond acceptors (Lipinski definition) is 6. The molecular formula is C13H16N4O2S. The van der Waals surface area contributed by atoms with Gasteiger partial charge in [0.1, 0.15) is 11.3 Å². The third-order valence-electron chi connectivity index (χ3n) is 3.47. The minimum Gasteiger partial charge on any atom is -0.361 e. The van der Waals surface area contributed by atoms with E-state index in [2.05, 4.69) is 20.4 Å². The molecule has 6 nitrogen and oxygen atoms in total. The fourth-order valence-electron chi connectivity index (χ4n) is 2.49. The van der Waals surface area contributed by atoms with E-state index in [4.69, 9.17) is 4.52 Å². The van der Waals surface area contributed by atoms with Gasteiger partial charge in [0.05, 0.1) is 5.69 Å². The molecule has 0 bridgehead atoms. The maximum Gasteiger partial charge on any atom is 0.257 e. The Kier molecular flexibility index (Phi) is 3.43. The molecule has 3 rings (SSSR count). The van der Waals surface area contributed by atoms with Crippen LogP contribution in [0.5, 0.6) is 0 Å². The summed E-state index contributed by atoms with van der Waals surface area (Å²) in [5, 5.41) is 9.84. The van der Waals surface area contributed by atoms with Gasteiger partial charge in [-0.3, -0.25) is 4.79 Å². The first-order chi connectivity index (χ1) is 9.65. The second-order valence-corrected chi connectivity index (χ2v) is 5.79. The Balaban J connectivity index is 1.64. The predicted molar refractivity (Wildman–Crippen MR) is 76.2 cm³/mol. The number of aromatic nitrogens is 2. The van der Waals surface area contributed by atoms with Crippen LogP contribution in [0.4, 0.5) is 5.13 Å². The third-order valence-corrected chi connectivity index (χ3v) is 4.31. The summed E-state index contributed by atoms with van der Waals surface area (Å²) < 4.78 is 5.03. The first-order valence-corrected chi connectivity index (χ1v) is 7.41. The summed E-state index contributed by atoms with van der Waals surface area (Å²) in [6, 6.07) is 0.139. The Hall–Kier alpha value is -1.89. The van der Waals surface area contributed by atoms with Crippen molar-refractivity contribution in [3.63, 3.8) is 0 Å². The van der Waals surface area contributed by atoms with Gasteiger partial charge in [0.15, 0.2) is 5.13 Å². The number of nitrogens with zero attached hydrogens (tertiary/aromatic N) is 3. The monoisotopic (exact) mass is 292 g/mol. The maximum absolute atomic E-state index is 12.3. The lowest BCUT2D eigenvalue weighted by Crippen LogP contribution is -2.37. The molecule has 1 saturated heterocycles. The van der Waals surface area contributed by atoms with Crippen LogP contribution in [0.1, 0.15) is 28.2 Å². The van der Waals surface area contributed by atoms with Gasteiger partial charge in [-0.1, -0.05) is 5.16 Å². The Morgan fingerprint density at radius 3 is 3.05 bits per heavy atom. The molecule has 1 aliphatic rings. The predicted octanol–water partition coefficient (Wildman–Crippen LogP) is 1.76. The van der Waals surface area contributed by atoms with E-state index >= 15 is 0 Å². The highest BCUT2D eigenvalue weighted by Crippen LogP contribution is 2.22.